The standard InChI is InChI=1S/C19H18FN3O3/c1-2-21-18(24)11-26-15-6-4-14(5-7-15)22-19(25)17-10-12-9-13(20)3-8-16(12)23-17/h3-10,23H,2,11H2,1H3,(H,21,24)(H,22,25). The normalized spacial score (nSPS) is 10.5. The summed E-state index contributed by atoms with van der Waals surface area (Å²) in [4.78, 5) is 26.6. The summed E-state index contributed by atoms with van der Waals surface area (Å²) >= 11 is 0. The number of aromatic nitrogens is 1. The van der Waals surface area contributed by atoms with Crippen LogP contribution in [0.4, 0.5) is 10.1 Å². The number of amides is 2. The highest BCUT2D eigenvalue weighted by Crippen LogP contribution is 2.19. The van der Waals surface area contributed by atoms with E-state index in [4.69, 9.17) is 4.74 Å². The Morgan fingerprint density at radius 2 is 1.88 bits per heavy atom. The summed E-state index contributed by atoms with van der Waals surface area (Å²) < 4.78 is 18.6. The van der Waals surface area contributed by atoms with Crippen LogP contribution in [0.1, 0.15) is 17.4 Å². The van der Waals surface area contributed by atoms with Gasteiger partial charge in [0.15, 0.2) is 6.61 Å². The van der Waals surface area contributed by atoms with Crippen LogP contribution >= 0.6 is 0 Å². The molecule has 0 aliphatic heterocycles. The number of aromatic amines is 1. The highest BCUT2D eigenvalue weighted by Gasteiger charge is 2.10. The SMILES string of the molecule is CCNC(=O)COc1ccc(NC(=O)c2cc3cc(F)ccc3[nH]2)cc1. The van der Waals surface area contributed by atoms with Crippen molar-refractivity contribution in [3.63, 3.8) is 0 Å². The molecule has 2 amide bonds. The predicted octanol–water partition coefficient (Wildman–Crippen LogP) is 3.07. The van der Waals surface area contributed by atoms with Crippen molar-refractivity contribution in [2.24, 2.45) is 0 Å². The highest BCUT2D eigenvalue weighted by molar-refractivity contribution is 6.05. The van der Waals surface area contributed by atoms with Crippen LogP contribution in [0, 0.1) is 5.82 Å². The number of carbonyl (C=O) groups is 2. The van der Waals surface area contributed by atoms with E-state index in [9.17, 15) is 14.0 Å². The minimum Gasteiger partial charge on any atom is -0.484 e. The monoisotopic (exact) mass is 355 g/mol. The van der Waals surface area contributed by atoms with Crippen LogP contribution in [-0.2, 0) is 4.79 Å². The molecule has 0 aliphatic rings. The fourth-order valence-electron chi connectivity index (χ4n) is 2.46. The number of likely N-dealkylation sites (N-methyl/N-ethyl adjacent to an activating group) is 1. The maximum Gasteiger partial charge on any atom is 0.272 e. The molecule has 0 bridgehead atoms. The van der Waals surface area contributed by atoms with Gasteiger partial charge in [0.25, 0.3) is 11.8 Å². The van der Waals surface area contributed by atoms with Crippen LogP contribution in [0.2, 0.25) is 0 Å². The topological polar surface area (TPSA) is 83.2 Å². The number of ether oxygens (including phenoxy) is 1. The molecule has 0 unspecified atom stereocenters. The minimum absolute atomic E-state index is 0.0643. The largest absolute Gasteiger partial charge is 0.484 e. The van der Waals surface area contributed by atoms with Crippen molar-refractivity contribution in [3.8, 4) is 5.75 Å². The zero-order valence-electron chi connectivity index (χ0n) is 14.1. The molecular weight excluding hydrogens is 337 g/mol. The number of nitrogens with one attached hydrogen (secondary N) is 3. The molecule has 3 aromatic rings. The molecule has 2 aromatic carbocycles. The maximum absolute atomic E-state index is 13.2. The fourth-order valence-corrected chi connectivity index (χ4v) is 2.46. The maximum atomic E-state index is 13.2. The first-order valence-corrected chi connectivity index (χ1v) is 8.14. The number of carbonyl (C=O) groups excluding carboxylic acids is 2. The van der Waals surface area contributed by atoms with Crippen LogP contribution in [0.5, 0.6) is 5.75 Å². The summed E-state index contributed by atoms with van der Waals surface area (Å²) in [5.74, 6) is -0.361. The van der Waals surface area contributed by atoms with Gasteiger partial charge in [-0.15, -0.1) is 0 Å². The number of hydrogen-bond acceptors (Lipinski definition) is 3. The summed E-state index contributed by atoms with van der Waals surface area (Å²) in [6.45, 7) is 2.32. The Bertz CT molecular complexity index is 935. The Hall–Kier alpha value is -3.35. The molecule has 0 fully saturated rings. The smallest absolute Gasteiger partial charge is 0.272 e. The molecule has 0 saturated heterocycles. The second kappa shape index (κ2) is 7.69. The van der Waals surface area contributed by atoms with Gasteiger partial charge in [0.1, 0.15) is 17.3 Å². The average molecular weight is 355 g/mol. The van der Waals surface area contributed by atoms with Gasteiger partial charge in [-0.1, -0.05) is 0 Å². The molecule has 0 spiro atoms. The molecule has 1 aromatic heterocycles. The number of H-pyrrole nitrogens is 1. The zero-order valence-corrected chi connectivity index (χ0v) is 14.1. The van der Waals surface area contributed by atoms with Gasteiger partial charge < -0.3 is 20.4 Å². The number of fused-ring (bicyclic) bond motifs is 1. The van der Waals surface area contributed by atoms with Crippen LogP contribution in [-0.4, -0.2) is 29.9 Å². The Labute approximate surface area is 149 Å². The molecule has 0 radical (unpaired) electrons. The molecule has 134 valence electrons. The molecule has 3 N–H and O–H groups in total. The van der Waals surface area contributed by atoms with Gasteiger partial charge >= 0.3 is 0 Å². The predicted molar refractivity (Wildman–Crippen MR) is 96.8 cm³/mol. The lowest BCUT2D eigenvalue weighted by Crippen LogP contribution is -2.28. The summed E-state index contributed by atoms with van der Waals surface area (Å²) in [7, 11) is 0. The van der Waals surface area contributed by atoms with E-state index in [2.05, 4.69) is 15.6 Å². The third kappa shape index (κ3) is 4.18. The summed E-state index contributed by atoms with van der Waals surface area (Å²) in [6.07, 6.45) is 0. The van der Waals surface area contributed by atoms with Gasteiger partial charge in [0.2, 0.25) is 0 Å². The first kappa shape index (κ1) is 17.5. The van der Waals surface area contributed by atoms with E-state index in [0.717, 1.165) is 0 Å². The fraction of sp³-hybridized carbons (Fsp3) is 0.158. The van der Waals surface area contributed by atoms with E-state index in [1.807, 2.05) is 6.92 Å². The molecule has 0 aliphatic carbocycles. The van der Waals surface area contributed by atoms with E-state index in [1.165, 1.54) is 12.1 Å². The van der Waals surface area contributed by atoms with Crippen molar-refractivity contribution in [1.29, 1.82) is 0 Å². The van der Waals surface area contributed by atoms with Gasteiger partial charge in [-0.2, -0.15) is 0 Å². The van der Waals surface area contributed by atoms with Crippen LogP contribution in [0.15, 0.2) is 48.5 Å². The molecular formula is C19H18FN3O3. The molecule has 6 nitrogen and oxygen atoms in total. The van der Waals surface area contributed by atoms with Crippen LogP contribution in [0.25, 0.3) is 10.9 Å². The van der Waals surface area contributed by atoms with Gasteiger partial charge in [-0.25, -0.2) is 4.39 Å². The summed E-state index contributed by atoms with van der Waals surface area (Å²) in [5, 5.41) is 6.01. The second-order valence-electron chi connectivity index (χ2n) is 5.64. The van der Waals surface area contributed by atoms with E-state index in [-0.39, 0.29) is 24.2 Å². The Morgan fingerprint density at radius 3 is 2.62 bits per heavy atom. The van der Waals surface area contributed by atoms with Crippen LogP contribution in [0.3, 0.4) is 0 Å². The Morgan fingerprint density at radius 1 is 1.12 bits per heavy atom. The Balaban J connectivity index is 1.62. The molecule has 0 saturated carbocycles. The summed E-state index contributed by atoms with van der Waals surface area (Å²) in [6, 6.07) is 12.6. The zero-order chi connectivity index (χ0) is 18.5. The molecule has 1 heterocycles. The van der Waals surface area contributed by atoms with Crippen LogP contribution < -0.4 is 15.4 Å². The molecule has 0 atom stereocenters. The van der Waals surface area contributed by atoms with Crippen molar-refractivity contribution in [2.75, 3.05) is 18.5 Å². The lowest BCUT2D eigenvalue weighted by Gasteiger charge is -2.08. The van der Waals surface area contributed by atoms with E-state index in [1.54, 1.807) is 36.4 Å². The number of hydrogen-bond donors (Lipinski definition) is 3. The summed E-state index contributed by atoms with van der Waals surface area (Å²) in [5.41, 5.74) is 1.60. The average Bonchev–Trinajstić information content (AvgIpc) is 3.04. The lowest BCUT2D eigenvalue weighted by atomic mass is 10.2. The van der Waals surface area contributed by atoms with E-state index >= 15 is 0 Å². The van der Waals surface area contributed by atoms with Crippen molar-refractivity contribution >= 4 is 28.4 Å². The van der Waals surface area contributed by atoms with Crippen molar-refractivity contribution in [2.45, 2.75) is 6.92 Å². The number of halogens is 1. The lowest BCUT2D eigenvalue weighted by molar-refractivity contribution is -0.122. The third-order valence-electron chi connectivity index (χ3n) is 3.68. The van der Waals surface area contributed by atoms with E-state index in [0.29, 0.717) is 34.6 Å². The van der Waals surface area contributed by atoms with Crippen molar-refractivity contribution in [1.82, 2.24) is 10.3 Å². The molecule has 26 heavy (non-hydrogen) atoms. The number of rotatable bonds is 6. The highest BCUT2D eigenvalue weighted by atomic mass is 19.1. The van der Waals surface area contributed by atoms with Gasteiger partial charge in [-0.05, 0) is 55.5 Å². The minimum atomic E-state index is -0.355. The quantitative estimate of drug-likeness (QED) is 0.635. The first-order chi connectivity index (χ1) is 12.5. The van der Waals surface area contributed by atoms with Crippen molar-refractivity contribution < 1.29 is 18.7 Å². The number of benzene rings is 2. The van der Waals surface area contributed by atoms with Gasteiger partial charge in [-0.3, -0.25) is 9.59 Å². The number of anilines is 1. The molecule has 7 heteroatoms. The van der Waals surface area contributed by atoms with Gasteiger partial charge in [0, 0.05) is 23.1 Å². The second-order valence-corrected chi connectivity index (χ2v) is 5.64. The third-order valence-corrected chi connectivity index (χ3v) is 3.68. The van der Waals surface area contributed by atoms with E-state index < -0.39 is 0 Å². The molecule has 3 rings (SSSR count). The van der Waals surface area contributed by atoms with Crippen molar-refractivity contribution in [3.05, 3.63) is 60.0 Å². The first-order valence-electron chi connectivity index (χ1n) is 8.14. The van der Waals surface area contributed by atoms with Gasteiger partial charge in [0.05, 0.1) is 0 Å². The Kier molecular flexibility index (Phi) is 5.17.